The molecule has 0 amide bonds. The number of carbonyl (C=O) groups is 1. The summed E-state index contributed by atoms with van der Waals surface area (Å²) in [6.07, 6.45) is -5.26. The summed E-state index contributed by atoms with van der Waals surface area (Å²) in [4.78, 5) is 11.9. The van der Waals surface area contributed by atoms with Gasteiger partial charge >= 0.3 is 6.18 Å². The van der Waals surface area contributed by atoms with Gasteiger partial charge in [-0.15, -0.1) is 11.3 Å². The van der Waals surface area contributed by atoms with Gasteiger partial charge in [-0.1, -0.05) is 0 Å². The van der Waals surface area contributed by atoms with E-state index in [0.29, 0.717) is 4.88 Å². The van der Waals surface area contributed by atoms with Crippen molar-refractivity contribution >= 4 is 33.0 Å². The van der Waals surface area contributed by atoms with E-state index in [1.807, 2.05) is 0 Å². The van der Waals surface area contributed by atoms with Crippen molar-refractivity contribution in [3.05, 3.63) is 20.8 Å². The van der Waals surface area contributed by atoms with Gasteiger partial charge in [0, 0.05) is 12.8 Å². The summed E-state index contributed by atoms with van der Waals surface area (Å²) >= 11 is 4.43. The normalized spacial score (nSPS) is 11.7. The van der Waals surface area contributed by atoms with E-state index in [1.165, 1.54) is 11.3 Å². The summed E-state index contributed by atoms with van der Waals surface area (Å²) in [5.41, 5.74) is 0. The van der Waals surface area contributed by atoms with Crippen LogP contribution in [0.2, 0.25) is 0 Å². The maximum absolute atomic E-state index is 11.8. The third-order valence-corrected chi connectivity index (χ3v) is 3.38. The van der Waals surface area contributed by atoms with Crippen molar-refractivity contribution in [2.75, 3.05) is 0 Å². The maximum Gasteiger partial charge on any atom is 0.389 e. The average molecular weight is 301 g/mol. The first-order chi connectivity index (χ1) is 6.88. The van der Waals surface area contributed by atoms with Crippen LogP contribution in [0.25, 0.3) is 0 Å². The van der Waals surface area contributed by atoms with Gasteiger partial charge in [0.05, 0.1) is 8.66 Å². The SMILES string of the molecule is O=C(CCCC(F)(F)F)c1ccc(Br)s1. The zero-order valence-electron chi connectivity index (χ0n) is 7.60. The number of carbonyl (C=O) groups excluding carboxylic acids is 1. The van der Waals surface area contributed by atoms with E-state index in [9.17, 15) is 18.0 Å². The van der Waals surface area contributed by atoms with Crippen molar-refractivity contribution < 1.29 is 18.0 Å². The quantitative estimate of drug-likeness (QED) is 0.752. The molecule has 1 rings (SSSR count). The molecule has 0 aliphatic heterocycles. The highest BCUT2D eigenvalue weighted by Crippen LogP contribution is 2.26. The molecule has 84 valence electrons. The highest BCUT2D eigenvalue weighted by molar-refractivity contribution is 9.11. The first-order valence-corrected chi connectivity index (χ1v) is 5.85. The summed E-state index contributed by atoms with van der Waals surface area (Å²) in [5, 5.41) is 0. The average Bonchev–Trinajstić information content (AvgIpc) is 2.49. The van der Waals surface area contributed by atoms with Crippen LogP contribution in [-0.4, -0.2) is 12.0 Å². The largest absolute Gasteiger partial charge is 0.389 e. The Morgan fingerprint density at radius 1 is 1.40 bits per heavy atom. The first-order valence-electron chi connectivity index (χ1n) is 4.24. The molecule has 15 heavy (non-hydrogen) atoms. The van der Waals surface area contributed by atoms with Crippen molar-refractivity contribution in [1.29, 1.82) is 0 Å². The predicted octanol–water partition coefficient (Wildman–Crippen LogP) is 4.43. The van der Waals surface area contributed by atoms with Crippen LogP contribution in [0.5, 0.6) is 0 Å². The molecule has 1 aromatic rings. The van der Waals surface area contributed by atoms with Gasteiger partial charge in [0.25, 0.3) is 0 Å². The maximum atomic E-state index is 11.8. The summed E-state index contributed by atoms with van der Waals surface area (Å²) in [7, 11) is 0. The standard InChI is InChI=1S/C9H8BrF3OS/c10-8-4-3-7(15-8)6(14)2-1-5-9(11,12)13/h3-4H,1-2,5H2. The van der Waals surface area contributed by atoms with Crippen molar-refractivity contribution in [3.63, 3.8) is 0 Å². The fourth-order valence-electron chi connectivity index (χ4n) is 1.04. The lowest BCUT2D eigenvalue weighted by atomic mass is 10.1. The van der Waals surface area contributed by atoms with E-state index in [2.05, 4.69) is 15.9 Å². The molecule has 0 aliphatic rings. The summed E-state index contributed by atoms with van der Waals surface area (Å²) in [6.45, 7) is 0. The Morgan fingerprint density at radius 3 is 2.53 bits per heavy atom. The second-order valence-electron chi connectivity index (χ2n) is 3.00. The minimum Gasteiger partial charge on any atom is -0.293 e. The molecule has 1 heterocycles. The van der Waals surface area contributed by atoms with Crippen molar-refractivity contribution in [3.8, 4) is 0 Å². The number of rotatable bonds is 4. The van der Waals surface area contributed by atoms with Crippen molar-refractivity contribution in [1.82, 2.24) is 0 Å². The Bertz CT molecular complexity index is 345. The van der Waals surface area contributed by atoms with Crippen LogP contribution in [0, 0.1) is 0 Å². The molecule has 0 aromatic carbocycles. The smallest absolute Gasteiger partial charge is 0.293 e. The van der Waals surface area contributed by atoms with Crippen LogP contribution in [0.15, 0.2) is 15.9 Å². The van der Waals surface area contributed by atoms with E-state index >= 15 is 0 Å². The zero-order valence-corrected chi connectivity index (χ0v) is 10.0. The molecule has 0 saturated heterocycles. The number of halogens is 4. The van der Waals surface area contributed by atoms with Gasteiger partial charge in [-0.3, -0.25) is 4.79 Å². The molecule has 0 atom stereocenters. The summed E-state index contributed by atoms with van der Waals surface area (Å²) in [5.74, 6) is -0.227. The number of alkyl halides is 3. The van der Waals surface area contributed by atoms with Crippen LogP contribution in [0.4, 0.5) is 13.2 Å². The minimum absolute atomic E-state index is 0.0491. The van der Waals surface area contributed by atoms with E-state index in [4.69, 9.17) is 0 Å². The Morgan fingerprint density at radius 2 is 2.07 bits per heavy atom. The van der Waals surface area contributed by atoms with Gasteiger partial charge in [-0.2, -0.15) is 13.2 Å². The summed E-state index contributed by atoms with van der Waals surface area (Å²) in [6, 6.07) is 3.33. The van der Waals surface area contributed by atoms with E-state index in [1.54, 1.807) is 12.1 Å². The van der Waals surface area contributed by atoms with Gasteiger partial charge in [0.1, 0.15) is 0 Å². The van der Waals surface area contributed by atoms with E-state index in [0.717, 1.165) is 3.79 Å². The highest BCUT2D eigenvalue weighted by Gasteiger charge is 2.26. The molecular weight excluding hydrogens is 293 g/mol. The molecule has 0 spiro atoms. The third-order valence-electron chi connectivity index (χ3n) is 1.71. The van der Waals surface area contributed by atoms with Crippen molar-refractivity contribution in [2.24, 2.45) is 0 Å². The second-order valence-corrected chi connectivity index (χ2v) is 5.46. The Hall–Kier alpha value is -0.360. The van der Waals surface area contributed by atoms with Gasteiger partial charge in [0.15, 0.2) is 5.78 Å². The number of thiophene rings is 1. The second kappa shape index (κ2) is 5.12. The molecule has 6 heteroatoms. The predicted molar refractivity (Wildman–Crippen MR) is 56.3 cm³/mol. The fraction of sp³-hybridized carbons (Fsp3) is 0.444. The third kappa shape index (κ3) is 4.79. The van der Waals surface area contributed by atoms with E-state index < -0.39 is 12.6 Å². The molecule has 1 nitrogen and oxygen atoms in total. The molecule has 0 N–H and O–H groups in total. The molecule has 0 radical (unpaired) electrons. The zero-order chi connectivity index (χ0) is 11.5. The Balaban J connectivity index is 2.37. The lowest BCUT2D eigenvalue weighted by Crippen LogP contribution is -2.08. The number of hydrogen-bond acceptors (Lipinski definition) is 2. The number of Topliss-reactive ketones (excluding diaryl/α,β-unsaturated/α-hetero) is 1. The molecule has 0 fully saturated rings. The molecule has 1 aromatic heterocycles. The van der Waals surface area contributed by atoms with Gasteiger partial charge in [-0.25, -0.2) is 0 Å². The first kappa shape index (κ1) is 12.7. The minimum atomic E-state index is -4.17. The number of ketones is 1. The van der Waals surface area contributed by atoms with Gasteiger partial charge in [-0.05, 0) is 34.5 Å². The Kier molecular flexibility index (Phi) is 4.33. The van der Waals surface area contributed by atoms with Crippen molar-refractivity contribution in [2.45, 2.75) is 25.4 Å². The van der Waals surface area contributed by atoms with E-state index in [-0.39, 0.29) is 18.6 Å². The monoisotopic (exact) mass is 300 g/mol. The lowest BCUT2D eigenvalue weighted by Gasteiger charge is -2.04. The summed E-state index contributed by atoms with van der Waals surface area (Å²) < 4.78 is 36.2. The topological polar surface area (TPSA) is 17.1 Å². The molecular formula is C9H8BrF3OS. The van der Waals surface area contributed by atoms with Gasteiger partial charge < -0.3 is 0 Å². The molecule has 0 bridgehead atoms. The van der Waals surface area contributed by atoms with Crippen LogP contribution >= 0.6 is 27.3 Å². The van der Waals surface area contributed by atoms with Crippen LogP contribution in [0.1, 0.15) is 28.9 Å². The fourth-order valence-corrected chi connectivity index (χ4v) is 2.39. The van der Waals surface area contributed by atoms with Crippen LogP contribution in [-0.2, 0) is 0 Å². The molecule has 0 saturated carbocycles. The number of hydrogen-bond donors (Lipinski definition) is 0. The van der Waals surface area contributed by atoms with Crippen LogP contribution in [0.3, 0.4) is 0 Å². The van der Waals surface area contributed by atoms with Gasteiger partial charge in [0.2, 0.25) is 0 Å². The lowest BCUT2D eigenvalue weighted by molar-refractivity contribution is -0.135. The van der Waals surface area contributed by atoms with Crippen LogP contribution < -0.4 is 0 Å². The Labute approximate surface area is 97.4 Å². The molecule has 0 unspecified atom stereocenters. The molecule has 0 aliphatic carbocycles. The highest BCUT2D eigenvalue weighted by atomic mass is 79.9.